The van der Waals surface area contributed by atoms with Crippen LogP contribution in [-0.4, -0.2) is 34.0 Å². The first-order chi connectivity index (χ1) is 13.8. The first-order valence-electron chi connectivity index (χ1n) is 9.56. The van der Waals surface area contributed by atoms with Crippen LogP contribution in [0, 0.1) is 12.0 Å². The molecule has 1 amide bonds. The number of aromatic nitrogens is 2. The maximum atomic E-state index is 13.1. The lowest BCUT2D eigenvalue weighted by Gasteiger charge is -2.30. The summed E-state index contributed by atoms with van der Waals surface area (Å²) in [6.45, 7) is 1.48. The second kappa shape index (κ2) is 6.97. The topological polar surface area (TPSA) is 66.8 Å². The Hall–Kier alpha value is -3.40. The number of anilines is 1. The molecule has 1 atom stereocenters. The van der Waals surface area contributed by atoms with Crippen LogP contribution >= 0.6 is 0 Å². The zero-order valence-electron chi connectivity index (χ0n) is 15.4. The highest BCUT2D eigenvalue weighted by Gasteiger charge is 2.42. The quantitative estimate of drug-likeness (QED) is 0.700. The van der Waals surface area contributed by atoms with Gasteiger partial charge in [-0.25, -0.2) is 0 Å². The number of fused-ring (bicyclic) bond motifs is 1. The van der Waals surface area contributed by atoms with Crippen LogP contribution in [0.3, 0.4) is 0 Å². The Morgan fingerprint density at radius 1 is 1.18 bits per heavy atom. The molecule has 2 aliphatic heterocycles. The average molecular weight is 374 g/mol. The summed E-state index contributed by atoms with van der Waals surface area (Å²) < 4.78 is 5.86. The summed E-state index contributed by atoms with van der Waals surface area (Å²) in [4.78, 5) is 28.2. The fourth-order valence-electron chi connectivity index (χ4n) is 3.89. The average Bonchev–Trinajstić information content (AvgIpc) is 3.41. The van der Waals surface area contributed by atoms with Gasteiger partial charge in [0.2, 0.25) is 0 Å². The van der Waals surface area contributed by atoms with Gasteiger partial charge in [0, 0.05) is 42.0 Å². The molecule has 0 saturated carbocycles. The summed E-state index contributed by atoms with van der Waals surface area (Å²) in [6, 6.07) is 15.1. The fourth-order valence-corrected chi connectivity index (χ4v) is 3.89. The van der Waals surface area contributed by atoms with E-state index in [4.69, 9.17) is 4.42 Å². The third kappa shape index (κ3) is 2.97. The molecule has 0 N–H and O–H groups in total. The Morgan fingerprint density at radius 2 is 2.04 bits per heavy atom. The number of nitrogens with zero attached hydrogens (tertiary/aromatic N) is 5. The first-order valence-corrected chi connectivity index (χ1v) is 9.56. The van der Waals surface area contributed by atoms with E-state index >= 15 is 0 Å². The largest absolute Gasteiger partial charge is 0.423 e. The van der Waals surface area contributed by atoms with Crippen LogP contribution in [0.4, 0.5) is 6.01 Å². The van der Waals surface area contributed by atoms with Crippen molar-refractivity contribution < 1.29 is 9.21 Å². The molecule has 1 saturated heterocycles. The molecular formula is C21H20N5O2+. The Balaban J connectivity index is 1.26. The molecule has 140 valence electrons. The van der Waals surface area contributed by atoms with Gasteiger partial charge in [-0.05, 0) is 31.0 Å². The van der Waals surface area contributed by atoms with Crippen LogP contribution in [0.15, 0.2) is 53.2 Å². The highest BCUT2D eigenvalue weighted by Crippen LogP contribution is 2.33. The molecule has 4 heterocycles. The molecule has 0 radical (unpaired) electrons. The second-order valence-electron chi connectivity index (χ2n) is 7.17. The van der Waals surface area contributed by atoms with Gasteiger partial charge >= 0.3 is 6.07 Å². The van der Waals surface area contributed by atoms with E-state index in [0.29, 0.717) is 12.4 Å². The molecule has 1 unspecified atom stereocenters. The molecule has 2 aromatic heterocycles. The number of carbonyl (C=O) groups is 1. The van der Waals surface area contributed by atoms with E-state index in [-0.39, 0.29) is 17.9 Å². The van der Waals surface area contributed by atoms with Crippen molar-refractivity contribution in [3.05, 3.63) is 59.3 Å². The van der Waals surface area contributed by atoms with Gasteiger partial charge in [-0.15, -0.1) is 0 Å². The van der Waals surface area contributed by atoms with Crippen molar-refractivity contribution in [2.75, 3.05) is 18.0 Å². The minimum atomic E-state index is -0.101. The molecule has 1 aromatic carbocycles. The maximum Gasteiger partial charge on any atom is 0.322 e. The van der Waals surface area contributed by atoms with Crippen molar-refractivity contribution in [1.29, 1.82) is 0 Å². The lowest BCUT2D eigenvalue weighted by molar-refractivity contribution is -0.135. The van der Waals surface area contributed by atoms with Crippen molar-refractivity contribution in [3.8, 4) is 6.07 Å². The zero-order chi connectivity index (χ0) is 18.9. The molecule has 7 heteroatoms. The SMILES string of the molecule is O=C(C1CCN(c2nc3ccccc3o2)CC1)N1[N+]#CCC1c1cccnc1. The standard InChI is InChI=1S/C21H20N5O2/c27-20(26-18(7-11-23-26)16-4-3-10-22-14-16)15-8-12-25(13-9-15)21-24-17-5-1-2-6-19(17)28-21/h1-6,10,14-15,18H,7-9,12-13H2/q+1. The van der Waals surface area contributed by atoms with Crippen molar-refractivity contribution in [1.82, 2.24) is 15.0 Å². The minimum Gasteiger partial charge on any atom is -0.423 e. The lowest BCUT2D eigenvalue weighted by atomic mass is 9.95. The third-order valence-corrected chi connectivity index (χ3v) is 5.45. The van der Waals surface area contributed by atoms with Crippen LogP contribution in [0.1, 0.15) is 30.9 Å². The van der Waals surface area contributed by atoms with E-state index in [1.165, 1.54) is 0 Å². The molecule has 0 spiro atoms. The Labute approximate surface area is 162 Å². The van der Waals surface area contributed by atoms with Crippen molar-refractivity contribution in [2.24, 2.45) is 5.92 Å². The summed E-state index contributed by atoms with van der Waals surface area (Å²) in [7, 11) is 0. The van der Waals surface area contributed by atoms with Crippen LogP contribution < -0.4 is 4.90 Å². The Bertz CT molecular complexity index is 1030. The molecular weight excluding hydrogens is 354 g/mol. The van der Waals surface area contributed by atoms with E-state index in [1.807, 2.05) is 36.4 Å². The number of piperidine rings is 1. The lowest BCUT2D eigenvalue weighted by Crippen LogP contribution is -2.41. The second-order valence-corrected chi connectivity index (χ2v) is 7.17. The molecule has 1 fully saturated rings. The fraction of sp³-hybridized carbons (Fsp3) is 0.333. The molecule has 2 aliphatic rings. The normalized spacial score (nSPS) is 19.6. The predicted octanol–water partition coefficient (Wildman–Crippen LogP) is 3.66. The summed E-state index contributed by atoms with van der Waals surface area (Å²) in [5.74, 6) is 0.0134. The highest BCUT2D eigenvalue weighted by molar-refractivity contribution is 5.81. The molecule has 7 nitrogen and oxygen atoms in total. The Kier molecular flexibility index (Phi) is 4.17. The molecule has 3 aromatic rings. The number of benzene rings is 1. The number of carbonyl (C=O) groups excluding carboxylic acids is 1. The molecule has 5 rings (SSSR count). The smallest absolute Gasteiger partial charge is 0.322 e. The summed E-state index contributed by atoms with van der Waals surface area (Å²) in [5.41, 5.74) is 2.64. The minimum absolute atomic E-state index is 0.0524. The van der Waals surface area contributed by atoms with Crippen molar-refractivity contribution >= 4 is 23.0 Å². The number of amides is 1. The number of oxazole rings is 1. The predicted molar refractivity (Wildman–Crippen MR) is 105 cm³/mol. The maximum absolute atomic E-state index is 13.1. The van der Waals surface area contributed by atoms with E-state index in [1.54, 1.807) is 17.4 Å². The molecule has 0 bridgehead atoms. The van der Waals surface area contributed by atoms with Gasteiger partial charge in [0.15, 0.2) is 11.6 Å². The summed E-state index contributed by atoms with van der Waals surface area (Å²) in [6.07, 6.45) is 5.65. The number of rotatable bonds is 3. The van der Waals surface area contributed by atoms with Gasteiger partial charge in [0.25, 0.3) is 11.9 Å². The van der Waals surface area contributed by atoms with Crippen molar-refractivity contribution in [2.45, 2.75) is 25.3 Å². The van der Waals surface area contributed by atoms with Gasteiger partial charge in [0.05, 0.1) is 4.95 Å². The highest BCUT2D eigenvalue weighted by atomic mass is 16.4. The third-order valence-electron chi connectivity index (χ3n) is 5.45. The summed E-state index contributed by atoms with van der Waals surface area (Å²) >= 11 is 0. The van der Waals surface area contributed by atoms with E-state index in [2.05, 4.69) is 25.9 Å². The Morgan fingerprint density at radius 3 is 2.82 bits per heavy atom. The summed E-state index contributed by atoms with van der Waals surface area (Å²) in [5, 5.41) is 1.59. The van der Waals surface area contributed by atoms with Gasteiger partial charge in [-0.2, -0.15) is 4.98 Å². The van der Waals surface area contributed by atoms with Crippen LogP contribution in [0.25, 0.3) is 16.1 Å². The molecule has 28 heavy (non-hydrogen) atoms. The van der Waals surface area contributed by atoms with Crippen LogP contribution in [-0.2, 0) is 4.79 Å². The van der Waals surface area contributed by atoms with Crippen LogP contribution in [0.5, 0.6) is 0 Å². The first kappa shape index (κ1) is 16.8. The van der Waals surface area contributed by atoms with Gasteiger partial charge in [0.1, 0.15) is 11.9 Å². The monoisotopic (exact) mass is 374 g/mol. The number of hydrogen-bond acceptors (Lipinski definition) is 5. The van der Waals surface area contributed by atoms with Gasteiger partial charge in [-0.3, -0.25) is 9.78 Å². The zero-order valence-corrected chi connectivity index (χ0v) is 15.4. The van der Waals surface area contributed by atoms with Gasteiger partial charge in [-0.1, -0.05) is 18.2 Å². The van der Waals surface area contributed by atoms with E-state index in [9.17, 15) is 4.79 Å². The van der Waals surface area contributed by atoms with E-state index < -0.39 is 0 Å². The van der Waals surface area contributed by atoms with Crippen molar-refractivity contribution in [3.63, 3.8) is 0 Å². The number of para-hydroxylation sites is 2. The van der Waals surface area contributed by atoms with E-state index in [0.717, 1.165) is 42.6 Å². The van der Waals surface area contributed by atoms with Gasteiger partial charge < -0.3 is 9.32 Å². The number of pyridine rings is 1. The molecule has 0 aliphatic carbocycles. The van der Waals surface area contributed by atoms with Crippen LogP contribution in [0.2, 0.25) is 0 Å². The number of hydrogen-bond donors (Lipinski definition) is 0.